The van der Waals surface area contributed by atoms with Gasteiger partial charge in [-0.3, -0.25) is 0 Å². The topological polar surface area (TPSA) is 66.0 Å². The van der Waals surface area contributed by atoms with Crippen molar-refractivity contribution in [1.29, 1.82) is 0 Å². The molecule has 1 heterocycles. The van der Waals surface area contributed by atoms with Gasteiger partial charge in [-0.05, 0) is 18.2 Å². The lowest BCUT2D eigenvalue weighted by Crippen LogP contribution is -2.05. The van der Waals surface area contributed by atoms with Gasteiger partial charge in [0.05, 0.1) is 6.61 Å². The van der Waals surface area contributed by atoms with E-state index in [-0.39, 0.29) is 0 Å². The van der Waals surface area contributed by atoms with Crippen molar-refractivity contribution in [2.75, 3.05) is 19.5 Å². The molecule has 17 heavy (non-hydrogen) atoms. The molecule has 0 aliphatic carbocycles. The molecule has 0 saturated carbocycles. The van der Waals surface area contributed by atoms with Crippen LogP contribution in [-0.2, 0) is 11.3 Å². The summed E-state index contributed by atoms with van der Waals surface area (Å²) < 4.78 is 7.90. The summed E-state index contributed by atoms with van der Waals surface area (Å²) in [5.74, 6) is 0.787. The van der Waals surface area contributed by atoms with Gasteiger partial charge >= 0.3 is 0 Å². The highest BCUT2D eigenvalue weighted by Gasteiger charge is 2.08. The fourth-order valence-corrected chi connectivity index (χ4v) is 2.08. The van der Waals surface area contributed by atoms with Crippen LogP contribution in [-0.4, -0.2) is 28.5 Å². The van der Waals surface area contributed by atoms with Crippen molar-refractivity contribution in [3.05, 3.63) is 29.0 Å². The maximum Gasteiger partial charge on any atom is 0.163 e. The SMILES string of the molecule is COCCn1cnnc1-c1cc(N)cc(Br)c1. The summed E-state index contributed by atoms with van der Waals surface area (Å²) in [6.07, 6.45) is 1.69. The number of hydrogen-bond acceptors (Lipinski definition) is 4. The lowest BCUT2D eigenvalue weighted by atomic mass is 10.2. The van der Waals surface area contributed by atoms with Gasteiger partial charge in [0.15, 0.2) is 5.82 Å². The van der Waals surface area contributed by atoms with Gasteiger partial charge in [-0.2, -0.15) is 0 Å². The number of rotatable bonds is 4. The molecule has 0 saturated heterocycles. The van der Waals surface area contributed by atoms with Crippen LogP contribution in [0.1, 0.15) is 0 Å². The Morgan fingerprint density at radius 3 is 2.94 bits per heavy atom. The molecule has 0 atom stereocenters. The van der Waals surface area contributed by atoms with Gasteiger partial charge in [-0.1, -0.05) is 15.9 Å². The van der Waals surface area contributed by atoms with E-state index in [0.717, 1.165) is 15.9 Å². The molecule has 0 bridgehead atoms. The van der Waals surface area contributed by atoms with Gasteiger partial charge in [0, 0.05) is 29.4 Å². The Hall–Kier alpha value is -1.40. The van der Waals surface area contributed by atoms with E-state index in [1.807, 2.05) is 22.8 Å². The molecule has 0 unspecified atom stereocenters. The summed E-state index contributed by atoms with van der Waals surface area (Å²) in [4.78, 5) is 0. The summed E-state index contributed by atoms with van der Waals surface area (Å²) in [5, 5.41) is 8.01. The monoisotopic (exact) mass is 296 g/mol. The fourth-order valence-electron chi connectivity index (χ4n) is 1.57. The smallest absolute Gasteiger partial charge is 0.163 e. The average Bonchev–Trinajstić information content (AvgIpc) is 2.73. The van der Waals surface area contributed by atoms with Crippen molar-refractivity contribution >= 4 is 21.6 Å². The van der Waals surface area contributed by atoms with Crippen LogP contribution in [0.2, 0.25) is 0 Å². The van der Waals surface area contributed by atoms with Crippen molar-refractivity contribution in [3.63, 3.8) is 0 Å². The second-order valence-corrected chi connectivity index (χ2v) is 4.53. The van der Waals surface area contributed by atoms with Gasteiger partial charge in [-0.25, -0.2) is 0 Å². The van der Waals surface area contributed by atoms with E-state index >= 15 is 0 Å². The first-order valence-corrected chi connectivity index (χ1v) is 5.93. The third-order valence-corrected chi connectivity index (χ3v) is 2.79. The number of nitrogens with two attached hydrogens (primary N) is 1. The molecular formula is C11H13BrN4O. The molecule has 2 rings (SSSR count). The van der Waals surface area contributed by atoms with Crippen LogP contribution < -0.4 is 5.73 Å². The molecule has 0 radical (unpaired) electrons. The summed E-state index contributed by atoms with van der Waals surface area (Å²) in [7, 11) is 1.67. The molecule has 1 aromatic heterocycles. The van der Waals surface area contributed by atoms with E-state index in [0.29, 0.717) is 18.8 Å². The number of aromatic nitrogens is 3. The van der Waals surface area contributed by atoms with Gasteiger partial charge < -0.3 is 15.0 Å². The third kappa shape index (κ3) is 2.83. The molecule has 0 aliphatic heterocycles. The first-order valence-electron chi connectivity index (χ1n) is 5.14. The second-order valence-electron chi connectivity index (χ2n) is 3.61. The molecule has 0 spiro atoms. The van der Waals surface area contributed by atoms with Crippen LogP contribution in [0.5, 0.6) is 0 Å². The number of nitrogen functional groups attached to an aromatic ring is 1. The molecule has 0 fully saturated rings. The summed E-state index contributed by atoms with van der Waals surface area (Å²) in [6, 6.07) is 5.68. The van der Waals surface area contributed by atoms with E-state index < -0.39 is 0 Å². The lowest BCUT2D eigenvalue weighted by molar-refractivity contribution is 0.187. The normalized spacial score (nSPS) is 10.7. The first-order chi connectivity index (χ1) is 8.20. The molecule has 90 valence electrons. The zero-order valence-corrected chi connectivity index (χ0v) is 11.0. The van der Waals surface area contributed by atoms with Crippen molar-refractivity contribution < 1.29 is 4.74 Å². The molecule has 1 aromatic carbocycles. The lowest BCUT2D eigenvalue weighted by Gasteiger charge is -2.07. The van der Waals surface area contributed by atoms with Crippen LogP contribution >= 0.6 is 15.9 Å². The summed E-state index contributed by atoms with van der Waals surface area (Å²) >= 11 is 3.41. The van der Waals surface area contributed by atoms with E-state index in [1.165, 1.54) is 0 Å². The third-order valence-electron chi connectivity index (χ3n) is 2.33. The van der Waals surface area contributed by atoms with Crippen molar-refractivity contribution in [2.45, 2.75) is 6.54 Å². The Kier molecular flexibility index (Phi) is 3.75. The van der Waals surface area contributed by atoms with E-state index in [9.17, 15) is 0 Å². The van der Waals surface area contributed by atoms with Crippen molar-refractivity contribution in [1.82, 2.24) is 14.8 Å². The Labute approximate surface area is 108 Å². The zero-order chi connectivity index (χ0) is 12.3. The predicted molar refractivity (Wildman–Crippen MR) is 69.4 cm³/mol. The highest BCUT2D eigenvalue weighted by atomic mass is 79.9. The van der Waals surface area contributed by atoms with Crippen LogP contribution in [0.25, 0.3) is 11.4 Å². The molecule has 5 nitrogen and oxygen atoms in total. The Morgan fingerprint density at radius 1 is 1.41 bits per heavy atom. The highest BCUT2D eigenvalue weighted by Crippen LogP contribution is 2.24. The van der Waals surface area contributed by atoms with Gasteiger partial charge in [0.2, 0.25) is 0 Å². The van der Waals surface area contributed by atoms with Gasteiger partial charge in [0.25, 0.3) is 0 Å². The largest absolute Gasteiger partial charge is 0.399 e. The van der Waals surface area contributed by atoms with Gasteiger partial charge in [-0.15, -0.1) is 10.2 Å². The van der Waals surface area contributed by atoms with Crippen LogP contribution in [0.4, 0.5) is 5.69 Å². The minimum atomic E-state index is 0.620. The Balaban J connectivity index is 2.35. The standard InChI is InChI=1S/C11H13BrN4O/c1-17-3-2-16-7-14-15-11(16)8-4-9(12)6-10(13)5-8/h4-7H,2-3,13H2,1H3. The number of methoxy groups -OCH3 is 1. The molecule has 2 N–H and O–H groups in total. The zero-order valence-electron chi connectivity index (χ0n) is 9.43. The van der Waals surface area contributed by atoms with Crippen molar-refractivity contribution in [3.8, 4) is 11.4 Å². The molecule has 0 aliphatic rings. The van der Waals surface area contributed by atoms with Crippen LogP contribution in [0.15, 0.2) is 29.0 Å². The fraction of sp³-hybridized carbons (Fsp3) is 0.273. The molecule has 6 heteroatoms. The summed E-state index contributed by atoms with van der Waals surface area (Å²) in [5.41, 5.74) is 7.43. The van der Waals surface area contributed by atoms with Crippen LogP contribution in [0, 0.1) is 0 Å². The molecule has 2 aromatic rings. The predicted octanol–water partition coefficient (Wildman–Crippen LogP) is 1.94. The quantitative estimate of drug-likeness (QED) is 0.876. The second kappa shape index (κ2) is 5.29. The van der Waals surface area contributed by atoms with Crippen LogP contribution in [0.3, 0.4) is 0 Å². The Bertz CT molecular complexity index is 492. The number of anilines is 1. The van der Waals surface area contributed by atoms with E-state index in [4.69, 9.17) is 10.5 Å². The van der Waals surface area contributed by atoms with Crippen molar-refractivity contribution in [2.24, 2.45) is 0 Å². The molecule has 0 amide bonds. The van der Waals surface area contributed by atoms with E-state index in [1.54, 1.807) is 13.4 Å². The minimum absolute atomic E-state index is 0.620. The number of ether oxygens (including phenoxy) is 1. The number of nitrogens with zero attached hydrogens (tertiary/aromatic N) is 3. The highest BCUT2D eigenvalue weighted by molar-refractivity contribution is 9.10. The maximum absolute atomic E-state index is 5.80. The van der Waals surface area contributed by atoms with E-state index in [2.05, 4.69) is 26.1 Å². The maximum atomic E-state index is 5.80. The first kappa shape index (κ1) is 12.1. The molecular weight excluding hydrogens is 284 g/mol. The average molecular weight is 297 g/mol. The summed E-state index contributed by atoms with van der Waals surface area (Å²) in [6.45, 7) is 1.33. The number of hydrogen-bond donors (Lipinski definition) is 1. The Morgan fingerprint density at radius 2 is 2.24 bits per heavy atom. The van der Waals surface area contributed by atoms with Gasteiger partial charge in [0.1, 0.15) is 6.33 Å². The number of benzene rings is 1. The minimum Gasteiger partial charge on any atom is -0.399 e. The number of halogens is 1.